The molecule has 0 saturated carbocycles. The Morgan fingerprint density at radius 3 is 2.64 bits per heavy atom. The van der Waals surface area contributed by atoms with Crippen molar-refractivity contribution in [1.29, 1.82) is 0 Å². The van der Waals surface area contributed by atoms with Gasteiger partial charge in [-0.05, 0) is 12.3 Å². The Labute approximate surface area is 153 Å². The van der Waals surface area contributed by atoms with E-state index in [-0.39, 0.29) is 34.7 Å². The summed E-state index contributed by atoms with van der Waals surface area (Å²) >= 11 is 1.10. The molecule has 1 heterocycles. The van der Waals surface area contributed by atoms with E-state index in [4.69, 9.17) is 4.55 Å². The third kappa shape index (κ3) is 6.67. The first-order valence-electron chi connectivity index (χ1n) is 5.89. The number of esters is 1. The standard InChI is InChI=1S/C10H15N3O6S2.Na/c1-3-4-8-12-13-10(20-8)11-7(14)5-6(9(15)19-2)21(16,17)18;/h6H,3-5H2,1-2H3,(H,11,13,14)(H,16,17,18);/q;+1/p-1. The molecule has 1 aromatic heterocycles. The van der Waals surface area contributed by atoms with Crippen LogP contribution in [0.2, 0.25) is 0 Å². The molecule has 9 nitrogen and oxygen atoms in total. The molecule has 0 aliphatic heterocycles. The monoisotopic (exact) mass is 359 g/mol. The molecule has 12 heteroatoms. The number of carbonyl (C=O) groups is 1. The average molecular weight is 359 g/mol. The van der Waals surface area contributed by atoms with Crippen molar-refractivity contribution in [2.75, 3.05) is 7.11 Å². The maximum Gasteiger partial charge on any atom is 1.00 e. The van der Waals surface area contributed by atoms with Crippen LogP contribution in [-0.2, 0) is 26.1 Å². The number of rotatable bonds is 7. The average Bonchev–Trinajstić information content (AvgIpc) is 2.81. The maximum atomic E-state index is 11.6. The van der Waals surface area contributed by atoms with Crippen molar-refractivity contribution in [3.05, 3.63) is 5.01 Å². The van der Waals surface area contributed by atoms with Crippen molar-refractivity contribution in [3.8, 4) is 0 Å². The van der Waals surface area contributed by atoms with E-state index < -0.39 is 33.7 Å². The molecule has 0 radical (unpaired) electrons. The van der Waals surface area contributed by atoms with Gasteiger partial charge in [-0.3, -0.25) is 9.35 Å². The topological polar surface area (TPSA) is 142 Å². The SMILES string of the molecule is CCCc1nnc(N=C([O-])CC(C(=O)OC)S(=O)(=O)O)s1.[Na+]. The molecular weight excluding hydrogens is 345 g/mol. The molecule has 1 atom stereocenters. The van der Waals surface area contributed by atoms with E-state index in [1.54, 1.807) is 0 Å². The predicted molar refractivity (Wildman–Crippen MR) is 73.0 cm³/mol. The molecule has 118 valence electrons. The van der Waals surface area contributed by atoms with Crippen molar-refractivity contribution in [2.24, 2.45) is 4.99 Å². The van der Waals surface area contributed by atoms with Crippen LogP contribution in [0.3, 0.4) is 0 Å². The van der Waals surface area contributed by atoms with Gasteiger partial charge >= 0.3 is 35.5 Å². The molecule has 1 rings (SSSR count). The van der Waals surface area contributed by atoms with Gasteiger partial charge < -0.3 is 9.84 Å². The van der Waals surface area contributed by atoms with Crippen molar-refractivity contribution in [1.82, 2.24) is 10.2 Å². The summed E-state index contributed by atoms with van der Waals surface area (Å²) in [4.78, 5) is 14.8. The van der Waals surface area contributed by atoms with Crippen molar-refractivity contribution in [3.63, 3.8) is 0 Å². The summed E-state index contributed by atoms with van der Waals surface area (Å²) in [6.07, 6.45) is 0.723. The van der Waals surface area contributed by atoms with E-state index in [0.29, 0.717) is 11.4 Å². The fraction of sp³-hybridized carbons (Fsp3) is 0.600. The Balaban J connectivity index is 0.00000441. The molecule has 0 spiro atoms. The first-order valence-corrected chi connectivity index (χ1v) is 8.21. The van der Waals surface area contributed by atoms with E-state index >= 15 is 0 Å². The number of aromatic nitrogens is 2. The number of hydrogen-bond acceptors (Lipinski definition) is 9. The minimum absolute atomic E-state index is 0. The first-order chi connectivity index (χ1) is 9.77. The number of nitrogens with zero attached hydrogens (tertiary/aromatic N) is 3. The van der Waals surface area contributed by atoms with Crippen LogP contribution in [0.5, 0.6) is 0 Å². The Bertz CT molecular complexity index is 630. The minimum Gasteiger partial charge on any atom is -0.862 e. The zero-order chi connectivity index (χ0) is 16.0. The van der Waals surface area contributed by atoms with E-state index in [0.717, 1.165) is 24.9 Å². The number of carbonyl (C=O) groups excluding carboxylic acids is 1. The van der Waals surface area contributed by atoms with E-state index in [1.807, 2.05) is 6.92 Å². The van der Waals surface area contributed by atoms with E-state index in [2.05, 4.69) is 19.9 Å². The molecule has 0 aliphatic carbocycles. The predicted octanol–water partition coefficient (Wildman–Crippen LogP) is -3.30. The quantitative estimate of drug-likeness (QED) is 0.175. The normalized spacial score (nSPS) is 13.3. The molecule has 0 bridgehead atoms. The van der Waals surface area contributed by atoms with Crippen LogP contribution in [0.15, 0.2) is 4.99 Å². The van der Waals surface area contributed by atoms with Crippen LogP contribution in [-0.4, -0.2) is 47.4 Å². The second-order valence-electron chi connectivity index (χ2n) is 3.96. The van der Waals surface area contributed by atoms with Crippen molar-refractivity contribution < 1.29 is 57.2 Å². The van der Waals surface area contributed by atoms with Gasteiger partial charge in [-0.25, -0.2) is 4.99 Å². The first kappa shape index (κ1) is 21.4. The van der Waals surface area contributed by atoms with Crippen LogP contribution in [0, 0.1) is 0 Å². The summed E-state index contributed by atoms with van der Waals surface area (Å²) < 4.78 is 35.2. The fourth-order valence-electron chi connectivity index (χ4n) is 1.36. The number of ether oxygens (including phenoxy) is 1. The second kappa shape index (κ2) is 9.53. The molecule has 1 aromatic rings. The van der Waals surface area contributed by atoms with Gasteiger partial charge in [-0.2, -0.15) is 8.42 Å². The number of hydrogen-bond donors (Lipinski definition) is 1. The zero-order valence-electron chi connectivity index (χ0n) is 12.3. The van der Waals surface area contributed by atoms with Crippen molar-refractivity contribution >= 4 is 38.5 Å². The molecule has 0 amide bonds. The molecule has 1 unspecified atom stereocenters. The maximum absolute atomic E-state index is 11.6. The molecule has 0 aromatic carbocycles. The van der Waals surface area contributed by atoms with Gasteiger partial charge in [0.05, 0.1) is 7.11 Å². The summed E-state index contributed by atoms with van der Waals surface area (Å²) in [5.41, 5.74) is 0. The van der Waals surface area contributed by atoms with Gasteiger partial charge in [0.1, 0.15) is 5.01 Å². The summed E-state index contributed by atoms with van der Waals surface area (Å²) in [5, 5.41) is 17.9. The molecular formula is C10H14N3NaO6S2. The third-order valence-electron chi connectivity index (χ3n) is 2.32. The third-order valence-corrected chi connectivity index (χ3v) is 4.28. The van der Waals surface area contributed by atoms with Gasteiger partial charge in [0.25, 0.3) is 10.1 Å². The smallest absolute Gasteiger partial charge is 0.862 e. The van der Waals surface area contributed by atoms with Gasteiger partial charge in [0, 0.05) is 12.8 Å². The number of aryl methyl sites for hydroxylation is 1. The summed E-state index contributed by atoms with van der Waals surface area (Å²) in [7, 11) is -3.81. The summed E-state index contributed by atoms with van der Waals surface area (Å²) in [6, 6.07) is 0. The van der Waals surface area contributed by atoms with Crippen LogP contribution >= 0.6 is 11.3 Å². The van der Waals surface area contributed by atoms with E-state index in [1.165, 1.54) is 0 Å². The molecule has 1 N–H and O–H groups in total. The van der Waals surface area contributed by atoms with Crippen LogP contribution in [0.4, 0.5) is 5.13 Å². The van der Waals surface area contributed by atoms with Gasteiger partial charge in [-0.15, -0.1) is 10.2 Å². The Kier molecular flexibility index (Phi) is 9.27. The van der Waals surface area contributed by atoms with Crippen molar-refractivity contribution in [2.45, 2.75) is 31.4 Å². The summed E-state index contributed by atoms with van der Waals surface area (Å²) in [5.74, 6) is -2.15. The molecule has 22 heavy (non-hydrogen) atoms. The van der Waals surface area contributed by atoms with E-state index in [9.17, 15) is 18.3 Å². The number of aliphatic imine (C=N–C) groups is 1. The largest absolute Gasteiger partial charge is 1.00 e. The van der Waals surface area contributed by atoms with Gasteiger partial charge in [0.2, 0.25) is 5.13 Å². The Hall–Kier alpha value is -0.590. The van der Waals surface area contributed by atoms with Crippen LogP contribution in [0.1, 0.15) is 24.8 Å². The Morgan fingerprint density at radius 1 is 1.50 bits per heavy atom. The Morgan fingerprint density at radius 2 is 2.14 bits per heavy atom. The van der Waals surface area contributed by atoms with Crippen LogP contribution in [0.25, 0.3) is 0 Å². The minimum atomic E-state index is -4.76. The summed E-state index contributed by atoms with van der Waals surface area (Å²) in [6.45, 7) is 1.95. The zero-order valence-corrected chi connectivity index (χ0v) is 16.0. The van der Waals surface area contributed by atoms with Gasteiger partial charge in [-0.1, -0.05) is 18.3 Å². The number of methoxy groups -OCH3 is 1. The van der Waals surface area contributed by atoms with Gasteiger partial charge in [0.15, 0.2) is 5.25 Å². The molecule has 0 aliphatic rings. The molecule has 0 saturated heterocycles. The second-order valence-corrected chi connectivity index (χ2v) is 6.60. The fourth-order valence-corrected chi connectivity index (χ4v) is 2.88. The van der Waals surface area contributed by atoms with Crippen LogP contribution < -0.4 is 34.7 Å². The molecule has 0 fully saturated rings.